The van der Waals surface area contributed by atoms with Gasteiger partial charge in [-0.1, -0.05) is 41.7 Å². The van der Waals surface area contributed by atoms with E-state index >= 15 is 0 Å². The molecule has 1 fully saturated rings. The molecule has 2 aromatic rings. The summed E-state index contributed by atoms with van der Waals surface area (Å²) in [7, 11) is 0. The lowest BCUT2D eigenvalue weighted by molar-refractivity contribution is -0.123. The summed E-state index contributed by atoms with van der Waals surface area (Å²) in [4.78, 5) is 13.6. The Hall–Kier alpha value is -1.99. The number of carbonyl (C=O) groups excluding carboxylic acids is 1. The average Bonchev–Trinajstić information content (AvgIpc) is 3.09. The fraction of sp³-hybridized carbons (Fsp3) is 0.471. The van der Waals surface area contributed by atoms with Gasteiger partial charge in [0.15, 0.2) is 0 Å². The summed E-state index contributed by atoms with van der Waals surface area (Å²) in [5, 5.41) is 13.5. The second-order valence-corrected chi connectivity index (χ2v) is 7.08. The summed E-state index contributed by atoms with van der Waals surface area (Å²) < 4.78 is 0. The van der Waals surface area contributed by atoms with Crippen LogP contribution in [0.5, 0.6) is 0 Å². The zero-order chi connectivity index (χ0) is 16.8. The van der Waals surface area contributed by atoms with Crippen molar-refractivity contribution in [2.75, 3.05) is 31.5 Å². The molecule has 1 aromatic carbocycles. The van der Waals surface area contributed by atoms with E-state index in [0.29, 0.717) is 0 Å². The largest absolute Gasteiger partial charge is 0.369 e. The highest BCUT2D eigenvalue weighted by molar-refractivity contribution is 7.18. The summed E-state index contributed by atoms with van der Waals surface area (Å²) in [6.45, 7) is 3.68. The van der Waals surface area contributed by atoms with E-state index in [0.717, 1.165) is 61.1 Å². The van der Waals surface area contributed by atoms with Crippen molar-refractivity contribution in [2.45, 2.75) is 19.3 Å². The minimum absolute atomic E-state index is 0.0169. The number of hydrogen-bond acceptors (Lipinski definition) is 6. The van der Waals surface area contributed by atoms with E-state index in [1.807, 2.05) is 30.3 Å². The Balaban J connectivity index is 1.41. The van der Waals surface area contributed by atoms with Gasteiger partial charge in [-0.15, -0.1) is 10.2 Å². The second kappa shape index (κ2) is 8.21. The number of anilines is 1. The van der Waals surface area contributed by atoms with Crippen LogP contribution in [0.3, 0.4) is 0 Å². The van der Waals surface area contributed by atoms with Crippen molar-refractivity contribution in [3.8, 4) is 10.6 Å². The van der Waals surface area contributed by atoms with Crippen LogP contribution in [0, 0.1) is 5.92 Å². The molecule has 7 heteroatoms. The first-order valence-corrected chi connectivity index (χ1v) is 9.18. The maximum Gasteiger partial charge on any atom is 0.221 e. The van der Waals surface area contributed by atoms with Gasteiger partial charge in [0.05, 0.1) is 5.92 Å². The molecule has 3 N–H and O–H groups in total. The molecule has 1 aliphatic rings. The summed E-state index contributed by atoms with van der Waals surface area (Å²) in [5.41, 5.74) is 6.51. The van der Waals surface area contributed by atoms with Crippen LogP contribution >= 0.6 is 11.3 Å². The first kappa shape index (κ1) is 16.9. The first-order valence-electron chi connectivity index (χ1n) is 8.37. The Morgan fingerprint density at radius 1 is 1.33 bits per heavy atom. The molecule has 6 nitrogen and oxygen atoms in total. The topological polar surface area (TPSA) is 84.1 Å². The minimum Gasteiger partial charge on any atom is -0.369 e. The van der Waals surface area contributed by atoms with Gasteiger partial charge in [0.2, 0.25) is 11.0 Å². The molecule has 1 amide bonds. The van der Waals surface area contributed by atoms with Crippen molar-refractivity contribution in [2.24, 2.45) is 11.7 Å². The number of carbonyl (C=O) groups is 1. The van der Waals surface area contributed by atoms with Gasteiger partial charge in [-0.3, -0.25) is 4.79 Å². The van der Waals surface area contributed by atoms with Crippen LogP contribution in [-0.2, 0) is 4.79 Å². The quantitative estimate of drug-likeness (QED) is 0.752. The zero-order valence-electron chi connectivity index (χ0n) is 13.6. The number of aromatic nitrogens is 2. The van der Waals surface area contributed by atoms with Gasteiger partial charge in [0.25, 0.3) is 0 Å². The summed E-state index contributed by atoms with van der Waals surface area (Å²) in [6.07, 6.45) is 2.99. The molecule has 1 unspecified atom stereocenters. The van der Waals surface area contributed by atoms with Gasteiger partial charge in [-0.05, 0) is 32.4 Å². The molecule has 1 atom stereocenters. The molecule has 0 radical (unpaired) electrons. The zero-order valence-corrected chi connectivity index (χ0v) is 14.5. The van der Waals surface area contributed by atoms with E-state index < -0.39 is 0 Å². The Morgan fingerprint density at radius 3 is 2.96 bits per heavy atom. The third-order valence-corrected chi connectivity index (χ3v) is 5.21. The molecule has 1 saturated heterocycles. The van der Waals surface area contributed by atoms with Crippen molar-refractivity contribution in [1.29, 1.82) is 0 Å². The Bertz CT molecular complexity index is 660. The van der Waals surface area contributed by atoms with Crippen LogP contribution in [0.15, 0.2) is 30.3 Å². The Labute approximate surface area is 146 Å². The van der Waals surface area contributed by atoms with E-state index in [1.165, 1.54) is 0 Å². The van der Waals surface area contributed by atoms with Gasteiger partial charge in [-0.25, -0.2) is 0 Å². The predicted octanol–water partition coefficient (Wildman–Crippen LogP) is 2.20. The maximum atomic E-state index is 11.3. The smallest absolute Gasteiger partial charge is 0.221 e. The molecule has 0 saturated carbocycles. The van der Waals surface area contributed by atoms with Crippen molar-refractivity contribution in [3.63, 3.8) is 0 Å². The number of nitrogens with zero attached hydrogens (tertiary/aromatic N) is 3. The third-order valence-electron chi connectivity index (χ3n) is 4.28. The van der Waals surface area contributed by atoms with E-state index in [2.05, 4.69) is 20.4 Å². The molecule has 3 rings (SSSR count). The minimum atomic E-state index is -0.167. The highest BCUT2D eigenvalue weighted by Gasteiger charge is 2.23. The number of nitrogens with two attached hydrogens (primary N) is 1. The molecule has 1 aliphatic heterocycles. The first-order chi connectivity index (χ1) is 11.7. The van der Waals surface area contributed by atoms with E-state index in [1.54, 1.807) is 11.3 Å². The molecular weight excluding hydrogens is 322 g/mol. The highest BCUT2D eigenvalue weighted by atomic mass is 32.1. The SMILES string of the molecule is NC(=O)C1CCCN(CCCNc2nnc(-c3ccccc3)s2)C1. The number of amides is 1. The molecule has 1 aromatic heterocycles. The number of likely N-dealkylation sites (tertiary alicyclic amines) is 1. The maximum absolute atomic E-state index is 11.3. The van der Waals surface area contributed by atoms with Crippen molar-refractivity contribution >= 4 is 22.4 Å². The average molecular weight is 345 g/mol. The van der Waals surface area contributed by atoms with Crippen LogP contribution in [0.1, 0.15) is 19.3 Å². The lowest BCUT2D eigenvalue weighted by Crippen LogP contribution is -2.41. The van der Waals surface area contributed by atoms with Crippen molar-refractivity contribution in [3.05, 3.63) is 30.3 Å². The summed E-state index contributed by atoms with van der Waals surface area (Å²) >= 11 is 1.57. The van der Waals surface area contributed by atoms with Gasteiger partial charge in [0, 0.05) is 18.7 Å². The third kappa shape index (κ3) is 4.52. The van der Waals surface area contributed by atoms with E-state index in [-0.39, 0.29) is 11.8 Å². The normalized spacial score (nSPS) is 18.4. The summed E-state index contributed by atoms with van der Waals surface area (Å²) in [6, 6.07) is 10.1. The Kier molecular flexibility index (Phi) is 5.77. The van der Waals surface area contributed by atoms with Crippen LogP contribution in [0.2, 0.25) is 0 Å². The summed E-state index contributed by atoms with van der Waals surface area (Å²) in [5.74, 6) is -0.150. The predicted molar refractivity (Wildman–Crippen MR) is 96.8 cm³/mol. The Morgan fingerprint density at radius 2 is 2.17 bits per heavy atom. The number of benzene rings is 1. The molecule has 0 spiro atoms. The highest BCUT2D eigenvalue weighted by Crippen LogP contribution is 2.25. The van der Waals surface area contributed by atoms with Gasteiger partial charge >= 0.3 is 0 Å². The van der Waals surface area contributed by atoms with Crippen molar-refractivity contribution < 1.29 is 4.79 Å². The molecule has 2 heterocycles. The monoisotopic (exact) mass is 345 g/mol. The number of primary amides is 1. The van der Waals surface area contributed by atoms with E-state index in [4.69, 9.17) is 5.73 Å². The lowest BCUT2D eigenvalue weighted by Gasteiger charge is -2.31. The molecule has 24 heavy (non-hydrogen) atoms. The molecule has 0 bridgehead atoms. The van der Waals surface area contributed by atoms with E-state index in [9.17, 15) is 4.79 Å². The standard InChI is InChI=1S/C17H23N5OS/c18-15(23)14-8-4-10-22(12-14)11-5-9-19-17-21-20-16(24-17)13-6-2-1-3-7-13/h1-3,6-7,14H,4-5,8-12H2,(H2,18,23)(H,19,21). The molecule has 128 valence electrons. The van der Waals surface area contributed by atoms with Crippen LogP contribution in [-0.4, -0.2) is 47.2 Å². The fourth-order valence-corrected chi connectivity index (χ4v) is 3.76. The van der Waals surface area contributed by atoms with Gasteiger partial charge < -0.3 is 16.0 Å². The molecule has 0 aliphatic carbocycles. The van der Waals surface area contributed by atoms with Crippen molar-refractivity contribution in [1.82, 2.24) is 15.1 Å². The number of rotatable bonds is 7. The van der Waals surface area contributed by atoms with Gasteiger partial charge in [0.1, 0.15) is 5.01 Å². The van der Waals surface area contributed by atoms with Crippen LogP contribution in [0.4, 0.5) is 5.13 Å². The second-order valence-electron chi connectivity index (χ2n) is 6.10. The fourth-order valence-electron chi connectivity index (χ4n) is 2.98. The van der Waals surface area contributed by atoms with Crippen LogP contribution in [0.25, 0.3) is 10.6 Å². The molecular formula is C17H23N5OS. The number of nitrogens with one attached hydrogen (secondary N) is 1. The number of hydrogen-bond donors (Lipinski definition) is 2. The number of piperidine rings is 1. The lowest BCUT2D eigenvalue weighted by atomic mass is 9.97. The van der Waals surface area contributed by atoms with Gasteiger partial charge in [-0.2, -0.15) is 0 Å². The van der Waals surface area contributed by atoms with Crippen LogP contribution < -0.4 is 11.1 Å².